The van der Waals surface area contributed by atoms with Gasteiger partial charge in [-0.3, -0.25) is 9.05 Å². The van der Waals surface area contributed by atoms with Gasteiger partial charge in [-0.05, 0) is 48.5 Å². The van der Waals surface area contributed by atoms with Crippen LogP contribution in [0.4, 0.5) is 0 Å². The van der Waals surface area contributed by atoms with Crippen molar-refractivity contribution in [2.24, 2.45) is 5.50 Å². The molecule has 6 rings (SSSR count). The van der Waals surface area contributed by atoms with Crippen LogP contribution in [0.5, 0.6) is 34.5 Å². The standard InChI is InChI=1S/C15H18NO3P.2C15H15O3P/c1-2-13-17-20(16,18-14-9-5-3-6-10-14)19-15-11-7-4-8-12-15;2*1-2-13-16-19(17-14-9-5-3-6-10-14)18-15-11-7-4-8-12-15/h2-12,20H,1,13,16H2;2*2-12H,1,13H2. The number of rotatable bonds is 21. The molecule has 6 aromatic carbocycles. The van der Waals surface area contributed by atoms with Gasteiger partial charge in [0.25, 0.3) is 0 Å². The minimum atomic E-state index is -3.32. The van der Waals surface area contributed by atoms with Gasteiger partial charge >= 0.3 is 136 Å². The molecule has 13 heteroatoms. The zero-order valence-electron chi connectivity index (χ0n) is 31.9. The molecule has 2 N–H and O–H groups in total. The van der Waals surface area contributed by atoms with E-state index < -0.39 is 25.3 Å². The van der Waals surface area contributed by atoms with Gasteiger partial charge in [0, 0.05) is 0 Å². The third-order valence-electron chi connectivity index (χ3n) is 6.70. The predicted molar refractivity (Wildman–Crippen MR) is 237 cm³/mol. The number of benzene rings is 6. The molecule has 0 atom stereocenters. The van der Waals surface area contributed by atoms with Gasteiger partial charge in [0.05, 0.1) is 13.2 Å². The third-order valence-corrected chi connectivity index (χ3v) is 10.5. The molecule has 0 aliphatic rings. The summed E-state index contributed by atoms with van der Waals surface area (Å²) in [6.45, 7) is 11.9. The summed E-state index contributed by atoms with van der Waals surface area (Å²) in [7, 11) is -6.30. The Morgan fingerprint density at radius 2 is 0.621 bits per heavy atom. The van der Waals surface area contributed by atoms with E-state index in [2.05, 4.69) is 19.7 Å². The fourth-order valence-corrected chi connectivity index (χ4v) is 7.55. The van der Waals surface area contributed by atoms with Gasteiger partial charge in [-0.25, -0.2) is 0 Å². The average Bonchev–Trinajstić information content (AvgIpc) is 3.26. The molecule has 0 radical (unpaired) electrons. The van der Waals surface area contributed by atoms with Crippen molar-refractivity contribution in [3.63, 3.8) is 0 Å². The second-order valence-corrected chi connectivity index (χ2v) is 15.3. The maximum atomic E-state index is 6.17. The molecule has 58 heavy (non-hydrogen) atoms. The van der Waals surface area contributed by atoms with Gasteiger partial charge in [-0.1, -0.05) is 84.9 Å². The Kier molecular flexibility index (Phi) is 21.2. The molecular formula is C45H48NO9P3. The van der Waals surface area contributed by atoms with Crippen LogP contribution in [0, 0.1) is 0 Å². The second-order valence-electron chi connectivity index (χ2n) is 11.3. The van der Waals surface area contributed by atoms with Crippen LogP contribution in [0.2, 0.25) is 0 Å². The summed E-state index contributed by atoms with van der Waals surface area (Å²) in [5.74, 6) is 4.09. The molecule has 10 nitrogen and oxygen atoms in total. The van der Waals surface area contributed by atoms with Crippen molar-refractivity contribution in [1.29, 1.82) is 0 Å². The molecule has 0 aliphatic heterocycles. The molecule has 0 aromatic heterocycles. The van der Waals surface area contributed by atoms with E-state index in [0.29, 0.717) is 47.7 Å². The van der Waals surface area contributed by atoms with E-state index in [-0.39, 0.29) is 6.61 Å². The van der Waals surface area contributed by atoms with E-state index in [1.807, 2.05) is 158 Å². The number of hydrogen-bond donors (Lipinski definition) is 1. The summed E-state index contributed by atoms with van der Waals surface area (Å²) >= 11 is 0. The Morgan fingerprint density at radius 3 is 0.862 bits per heavy atom. The van der Waals surface area contributed by atoms with Gasteiger partial charge in [0.15, 0.2) is 0 Å². The molecule has 0 spiro atoms. The summed E-state index contributed by atoms with van der Waals surface area (Å²) in [6.07, 6.45) is 4.94. The molecule has 0 saturated carbocycles. The topological polar surface area (TPSA) is 109 Å². The Morgan fingerprint density at radius 1 is 0.379 bits per heavy atom. The molecule has 0 heterocycles. The van der Waals surface area contributed by atoms with Crippen molar-refractivity contribution in [3.8, 4) is 34.5 Å². The van der Waals surface area contributed by atoms with Gasteiger partial charge in [-0.2, -0.15) is 0 Å². The average molecular weight is 840 g/mol. The summed E-state index contributed by atoms with van der Waals surface area (Å²) in [6, 6.07) is 56.3. The van der Waals surface area contributed by atoms with Crippen molar-refractivity contribution in [2.75, 3.05) is 19.8 Å². The molecule has 0 fully saturated rings. The number of hydrogen-bond acceptors (Lipinski definition) is 10. The Balaban J connectivity index is 0.000000193. The van der Waals surface area contributed by atoms with Crippen LogP contribution >= 0.6 is 25.3 Å². The zero-order valence-corrected chi connectivity index (χ0v) is 34.7. The quantitative estimate of drug-likeness (QED) is 0.0556. The van der Waals surface area contributed by atoms with E-state index in [9.17, 15) is 0 Å². The number of nitrogens with two attached hydrogens (primary N) is 1. The van der Waals surface area contributed by atoms with Crippen LogP contribution in [-0.4, -0.2) is 19.8 Å². The normalized spacial score (nSPS) is 10.7. The summed E-state index contributed by atoms with van der Waals surface area (Å²) < 4.78 is 50.8. The van der Waals surface area contributed by atoms with Crippen LogP contribution in [0.3, 0.4) is 0 Å². The van der Waals surface area contributed by atoms with Crippen LogP contribution in [0.25, 0.3) is 0 Å². The first kappa shape index (κ1) is 45.2. The van der Waals surface area contributed by atoms with E-state index in [4.69, 9.17) is 46.2 Å². The Bertz CT molecular complexity index is 1750. The van der Waals surface area contributed by atoms with Crippen molar-refractivity contribution in [3.05, 3.63) is 220 Å². The molecule has 0 unspecified atom stereocenters. The van der Waals surface area contributed by atoms with Crippen LogP contribution in [0.15, 0.2) is 220 Å². The first-order valence-corrected chi connectivity index (χ1v) is 22.0. The predicted octanol–water partition coefficient (Wildman–Crippen LogP) is 12.9. The van der Waals surface area contributed by atoms with Crippen molar-refractivity contribution >= 4 is 25.3 Å². The van der Waals surface area contributed by atoms with E-state index in [0.717, 1.165) is 0 Å². The SMILES string of the molecule is C=CCOP(Oc1ccccc1)Oc1ccccc1.C=CCOP(Oc1ccccc1)Oc1ccccc1.C=CCO[PH](N)(Oc1ccccc1)Oc1ccccc1. The van der Waals surface area contributed by atoms with E-state index >= 15 is 0 Å². The van der Waals surface area contributed by atoms with Crippen LogP contribution in [-0.2, 0) is 13.6 Å². The van der Waals surface area contributed by atoms with Crippen molar-refractivity contribution < 1.29 is 40.7 Å². The number of para-hydroxylation sites is 6. The third kappa shape index (κ3) is 18.6. The maximum absolute atomic E-state index is 6.17. The van der Waals surface area contributed by atoms with Gasteiger partial charge < -0.3 is 18.1 Å². The van der Waals surface area contributed by atoms with Gasteiger partial charge in [0.1, 0.15) is 23.0 Å². The minimum absolute atomic E-state index is 0.266. The zero-order chi connectivity index (χ0) is 40.9. The van der Waals surface area contributed by atoms with Crippen LogP contribution < -0.4 is 32.6 Å². The van der Waals surface area contributed by atoms with Crippen molar-refractivity contribution in [1.82, 2.24) is 0 Å². The van der Waals surface area contributed by atoms with E-state index in [1.165, 1.54) is 0 Å². The molecular weight excluding hydrogens is 791 g/mol. The molecule has 0 bridgehead atoms. The summed E-state index contributed by atoms with van der Waals surface area (Å²) in [5, 5.41) is 0. The monoisotopic (exact) mass is 839 g/mol. The fourth-order valence-electron chi connectivity index (χ4n) is 4.20. The van der Waals surface area contributed by atoms with Crippen molar-refractivity contribution in [2.45, 2.75) is 0 Å². The summed E-state index contributed by atoms with van der Waals surface area (Å²) in [5.41, 5.74) is 6.17. The second kappa shape index (κ2) is 27.2. The molecule has 0 aliphatic carbocycles. The molecule has 302 valence electrons. The first-order valence-electron chi connectivity index (χ1n) is 18.0. The van der Waals surface area contributed by atoms with E-state index in [1.54, 1.807) is 42.5 Å². The van der Waals surface area contributed by atoms with Gasteiger partial charge in [-0.15, -0.1) is 13.2 Å². The Hall–Kier alpha value is -5.53. The molecule has 0 amide bonds. The molecule has 0 saturated heterocycles. The summed E-state index contributed by atoms with van der Waals surface area (Å²) in [4.78, 5) is 0. The first-order chi connectivity index (χ1) is 28.5. The molecule has 6 aromatic rings. The fraction of sp³-hybridized carbons (Fsp3) is 0.0667. The van der Waals surface area contributed by atoms with Crippen LogP contribution in [0.1, 0.15) is 0 Å². The van der Waals surface area contributed by atoms with Gasteiger partial charge in [0.2, 0.25) is 0 Å². The Labute approximate surface area is 344 Å².